The molecule has 1 heterocycles. The minimum Gasteiger partial charge on any atom is -0.323 e. The molecule has 1 atom stereocenters. The second-order valence-electron chi connectivity index (χ2n) is 6.12. The van der Waals surface area contributed by atoms with Crippen LogP contribution >= 0.6 is 15.9 Å². The van der Waals surface area contributed by atoms with Crippen molar-refractivity contribution in [3.63, 3.8) is 0 Å². The fraction of sp³-hybridized carbons (Fsp3) is 0.800. The SMILES string of the molecule is CC(C)n1ncc(Br)c1C(N)CC1CCCCCC1. The lowest BCUT2D eigenvalue weighted by molar-refractivity contribution is 0.374. The average molecular weight is 328 g/mol. The fourth-order valence-corrected chi connectivity index (χ4v) is 3.75. The number of rotatable bonds is 4. The van der Waals surface area contributed by atoms with Gasteiger partial charge in [-0.3, -0.25) is 4.68 Å². The maximum Gasteiger partial charge on any atom is 0.0696 e. The highest BCUT2D eigenvalue weighted by Crippen LogP contribution is 2.33. The third kappa shape index (κ3) is 3.82. The standard InChI is InChI=1S/C15H26BrN3/c1-11(2)19-15(13(16)10-18-19)14(17)9-12-7-5-3-4-6-8-12/h10-12,14H,3-9,17H2,1-2H3. The second-order valence-corrected chi connectivity index (χ2v) is 6.97. The Bertz CT molecular complexity index is 392. The van der Waals surface area contributed by atoms with Crippen LogP contribution in [-0.4, -0.2) is 9.78 Å². The monoisotopic (exact) mass is 327 g/mol. The van der Waals surface area contributed by atoms with Gasteiger partial charge in [-0.2, -0.15) is 5.10 Å². The Kier molecular flexibility index (Phi) is 5.46. The Balaban J connectivity index is 2.06. The molecule has 0 amide bonds. The molecular formula is C15H26BrN3. The molecule has 4 heteroatoms. The van der Waals surface area contributed by atoms with Crippen LogP contribution in [0.1, 0.15) is 76.6 Å². The van der Waals surface area contributed by atoms with Gasteiger partial charge in [0.2, 0.25) is 0 Å². The molecule has 1 fully saturated rings. The van der Waals surface area contributed by atoms with Gasteiger partial charge in [0.1, 0.15) is 0 Å². The van der Waals surface area contributed by atoms with Crippen LogP contribution < -0.4 is 5.73 Å². The predicted octanol–water partition coefficient (Wildman–Crippen LogP) is 4.59. The fourth-order valence-electron chi connectivity index (χ4n) is 3.18. The number of halogens is 1. The molecule has 0 aromatic carbocycles. The summed E-state index contributed by atoms with van der Waals surface area (Å²) in [5, 5.41) is 4.44. The van der Waals surface area contributed by atoms with Gasteiger partial charge in [-0.15, -0.1) is 0 Å². The number of hydrogen-bond acceptors (Lipinski definition) is 2. The van der Waals surface area contributed by atoms with E-state index in [4.69, 9.17) is 5.73 Å². The van der Waals surface area contributed by atoms with Gasteiger partial charge >= 0.3 is 0 Å². The minimum atomic E-state index is 0.0994. The first-order chi connectivity index (χ1) is 9.09. The second kappa shape index (κ2) is 6.89. The summed E-state index contributed by atoms with van der Waals surface area (Å²) in [5.74, 6) is 0.792. The van der Waals surface area contributed by atoms with Crippen molar-refractivity contribution in [2.24, 2.45) is 11.7 Å². The topological polar surface area (TPSA) is 43.8 Å². The Labute approximate surface area is 125 Å². The first-order valence-electron chi connectivity index (χ1n) is 7.58. The number of nitrogens with two attached hydrogens (primary N) is 1. The molecule has 0 aliphatic heterocycles. The predicted molar refractivity (Wildman–Crippen MR) is 83.0 cm³/mol. The summed E-state index contributed by atoms with van der Waals surface area (Å²) in [7, 11) is 0. The van der Waals surface area contributed by atoms with Crippen molar-refractivity contribution < 1.29 is 0 Å². The molecule has 1 aliphatic carbocycles. The average Bonchev–Trinajstić information content (AvgIpc) is 2.58. The molecule has 1 aromatic heterocycles. The maximum atomic E-state index is 6.47. The molecule has 1 unspecified atom stereocenters. The lowest BCUT2D eigenvalue weighted by Gasteiger charge is -2.22. The van der Waals surface area contributed by atoms with E-state index in [1.165, 1.54) is 44.2 Å². The molecule has 0 bridgehead atoms. The van der Waals surface area contributed by atoms with Crippen LogP contribution in [0, 0.1) is 5.92 Å². The summed E-state index contributed by atoms with van der Waals surface area (Å²) < 4.78 is 3.12. The third-order valence-electron chi connectivity index (χ3n) is 4.19. The minimum absolute atomic E-state index is 0.0994. The quantitative estimate of drug-likeness (QED) is 0.822. The maximum absolute atomic E-state index is 6.47. The van der Waals surface area contributed by atoms with Crippen LogP contribution in [0.25, 0.3) is 0 Å². The van der Waals surface area contributed by atoms with Crippen molar-refractivity contribution in [3.05, 3.63) is 16.4 Å². The van der Waals surface area contributed by atoms with Crippen LogP contribution in [0.4, 0.5) is 0 Å². The van der Waals surface area contributed by atoms with E-state index >= 15 is 0 Å². The Hall–Kier alpha value is -0.350. The molecule has 2 N–H and O–H groups in total. The summed E-state index contributed by atoms with van der Waals surface area (Å²) in [5.41, 5.74) is 7.64. The number of hydrogen-bond donors (Lipinski definition) is 1. The van der Waals surface area contributed by atoms with Crippen molar-refractivity contribution in [2.75, 3.05) is 0 Å². The lowest BCUT2D eigenvalue weighted by Crippen LogP contribution is -2.21. The zero-order chi connectivity index (χ0) is 13.8. The lowest BCUT2D eigenvalue weighted by atomic mass is 9.91. The highest BCUT2D eigenvalue weighted by molar-refractivity contribution is 9.10. The van der Waals surface area contributed by atoms with Crippen LogP contribution in [0.15, 0.2) is 10.7 Å². The van der Waals surface area contributed by atoms with Gasteiger partial charge in [0.15, 0.2) is 0 Å². The molecule has 2 rings (SSSR count). The third-order valence-corrected chi connectivity index (χ3v) is 4.80. The van der Waals surface area contributed by atoms with E-state index in [0.717, 1.165) is 16.8 Å². The van der Waals surface area contributed by atoms with E-state index < -0.39 is 0 Å². The summed E-state index contributed by atoms with van der Waals surface area (Å²) >= 11 is 3.60. The highest BCUT2D eigenvalue weighted by atomic mass is 79.9. The molecule has 1 aliphatic rings. The van der Waals surface area contributed by atoms with E-state index in [2.05, 4.69) is 39.6 Å². The smallest absolute Gasteiger partial charge is 0.0696 e. The first-order valence-corrected chi connectivity index (χ1v) is 8.37. The Morgan fingerprint density at radius 2 is 1.95 bits per heavy atom. The van der Waals surface area contributed by atoms with Gasteiger partial charge in [0, 0.05) is 12.1 Å². The van der Waals surface area contributed by atoms with E-state index in [-0.39, 0.29) is 6.04 Å². The van der Waals surface area contributed by atoms with E-state index in [1.807, 2.05) is 6.20 Å². The van der Waals surface area contributed by atoms with Gasteiger partial charge in [-0.1, -0.05) is 38.5 Å². The van der Waals surface area contributed by atoms with E-state index in [0.29, 0.717) is 6.04 Å². The van der Waals surface area contributed by atoms with E-state index in [9.17, 15) is 0 Å². The summed E-state index contributed by atoms with van der Waals surface area (Å²) in [6, 6.07) is 0.462. The summed E-state index contributed by atoms with van der Waals surface area (Å²) in [4.78, 5) is 0. The van der Waals surface area contributed by atoms with Crippen LogP contribution in [0.2, 0.25) is 0 Å². The Morgan fingerprint density at radius 1 is 1.32 bits per heavy atom. The summed E-state index contributed by atoms with van der Waals surface area (Å²) in [6.07, 6.45) is 11.2. The normalized spacial score (nSPS) is 19.6. The molecular weight excluding hydrogens is 302 g/mol. The van der Waals surface area contributed by atoms with Crippen LogP contribution in [0.5, 0.6) is 0 Å². The molecule has 1 saturated carbocycles. The van der Waals surface area contributed by atoms with Crippen molar-refractivity contribution >= 4 is 15.9 Å². The van der Waals surface area contributed by atoms with Gasteiger partial charge in [-0.05, 0) is 42.1 Å². The number of aromatic nitrogens is 2. The molecule has 0 saturated heterocycles. The van der Waals surface area contributed by atoms with Crippen LogP contribution in [-0.2, 0) is 0 Å². The van der Waals surface area contributed by atoms with Crippen molar-refractivity contribution in [1.82, 2.24) is 9.78 Å². The molecule has 108 valence electrons. The first kappa shape index (κ1) is 15.0. The summed E-state index contributed by atoms with van der Waals surface area (Å²) in [6.45, 7) is 4.31. The van der Waals surface area contributed by atoms with E-state index in [1.54, 1.807) is 0 Å². The highest BCUT2D eigenvalue weighted by Gasteiger charge is 2.22. The van der Waals surface area contributed by atoms with Crippen molar-refractivity contribution in [1.29, 1.82) is 0 Å². The molecule has 19 heavy (non-hydrogen) atoms. The van der Waals surface area contributed by atoms with Gasteiger partial charge in [0.05, 0.1) is 16.4 Å². The molecule has 1 aromatic rings. The van der Waals surface area contributed by atoms with Crippen molar-refractivity contribution in [2.45, 2.75) is 70.9 Å². The van der Waals surface area contributed by atoms with Crippen molar-refractivity contribution in [3.8, 4) is 0 Å². The number of nitrogens with zero attached hydrogens (tertiary/aromatic N) is 2. The zero-order valence-corrected chi connectivity index (χ0v) is 13.7. The van der Waals surface area contributed by atoms with Gasteiger partial charge < -0.3 is 5.73 Å². The molecule has 0 radical (unpaired) electrons. The molecule has 3 nitrogen and oxygen atoms in total. The van der Waals surface area contributed by atoms with Crippen LogP contribution in [0.3, 0.4) is 0 Å². The Morgan fingerprint density at radius 3 is 2.53 bits per heavy atom. The van der Waals surface area contributed by atoms with Gasteiger partial charge in [-0.25, -0.2) is 0 Å². The zero-order valence-electron chi connectivity index (χ0n) is 12.1. The largest absolute Gasteiger partial charge is 0.323 e. The van der Waals surface area contributed by atoms with Gasteiger partial charge in [0.25, 0.3) is 0 Å². The molecule has 0 spiro atoms.